The van der Waals surface area contributed by atoms with Crippen molar-refractivity contribution in [3.05, 3.63) is 57.5 Å². The lowest BCUT2D eigenvalue weighted by atomic mass is 10.2. The topological polar surface area (TPSA) is 74.5 Å². The first-order chi connectivity index (χ1) is 13.5. The van der Waals surface area contributed by atoms with E-state index in [2.05, 4.69) is 10.2 Å². The molecule has 0 atom stereocenters. The van der Waals surface area contributed by atoms with Crippen molar-refractivity contribution in [2.45, 2.75) is 5.22 Å². The number of carbonyl (C=O) groups excluding carboxylic acids is 1. The molecule has 1 aromatic heterocycles. The maximum Gasteiger partial charge on any atom is 0.316 e. The van der Waals surface area contributed by atoms with Crippen LogP contribution in [0, 0.1) is 0 Å². The fraction of sp³-hybridized carbons (Fsp3) is 0.167. The van der Waals surface area contributed by atoms with E-state index in [9.17, 15) is 4.79 Å². The van der Waals surface area contributed by atoms with Gasteiger partial charge >= 0.3 is 5.97 Å². The summed E-state index contributed by atoms with van der Waals surface area (Å²) >= 11 is 18.9. The summed E-state index contributed by atoms with van der Waals surface area (Å²) in [5.41, 5.74) is 0.738. The van der Waals surface area contributed by atoms with Crippen molar-refractivity contribution in [3.8, 4) is 17.2 Å². The summed E-state index contributed by atoms with van der Waals surface area (Å²) in [6.07, 6.45) is 0. The van der Waals surface area contributed by atoms with Gasteiger partial charge in [0, 0.05) is 10.6 Å². The summed E-state index contributed by atoms with van der Waals surface area (Å²) in [5.74, 6) is 0.286. The molecule has 0 aliphatic heterocycles. The van der Waals surface area contributed by atoms with E-state index in [4.69, 9.17) is 48.7 Å². The van der Waals surface area contributed by atoms with Crippen molar-refractivity contribution in [2.24, 2.45) is 0 Å². The Balaban J connectivity index is 1.40. The number of carbonyl (C=O) groups is 1. The number of rotatable bonds is 8. The van der Waals surface area contributed by atoms with Crippen LogP contribution in [0.2, 0.25) is 15.1 Å². The van der Waals surface area contributed by atoms with Crippen molar-refractivity contribution >= 4 is 52.5 Å². The third-order valence-electron chi connectivity index (χ3n) is 3.32. The SMILES string of the molecule is O=C(CSc1nnc(-c2ccc(Cl)cc2)o1)OCCOc1c(Cl)cccc1Cl. The van der Waals surface area contributed by atoms with Crippen molar-refractivity contribution < 1.29 is 18.7 Å². The summed E-state index contributed by atoms with van der Waals surface area (Å²) in [4.78, 5) is 11.8. The Morgan fingerprint density at radius 3 is 2.43 bits per heavy atom. The van der Waals surface area contributed by atoms with Gasteiger partial charge in [-0.1, -0.05) is 52.6 Å². The molecule has 10 heteroatoms. The second-order valence-electron chi connectivity index (χ2n) is 5.29. The lowest BCUT2D eigenvalue weighted by Crippen LogP contribution is -2.14. The van der Waals surface area contributed by atoms with E-state index in [1.807, 2.05) is 0 Å². The van der Waals surface area contributed by atoms with Crippen molar-refractivity contribution in [3.63, 3.8) is 0 Å². The number of benzene rings is 2. The fourth-order valence-electron chi connectivity index (χ4n) is 2.06. The van der Waals surface area contributed by atoms with E-state index in [0.717, 1.165) is 17.3 Å². The largest absolute Gasteiger partial charge is 0.487 e. The Morgan fingerprint density at radius 1 is 1.00 bits per heavy atom. The number of ether oxygens (including phenoxy) is 2. The summed E-state index contributed by atoms with van der Waals surface area (Å²) in [7, 11) is 0. The molecule has 0 fully saturated rings. The zero-order valence-electron chi connectivity index (χ0n) is 14.2. The molecule has 1 heterocycles. The standard InChI is InChI=1S/C18H13Cl3N2O4S/c19-12-6-4-11(5-7-12)17-22-23-18(27-17)28-10-15(24)25-8-9-26-16-13(20)2-1-3-14(16)21/h1-7H,8-10H2. The van der Waals surface area contributed by atoms with Crippen LogP contribution in [0.3, 0.4) is 0 Å². The zero-order chi connectivity index (χ0) is 19.9. The smallest absolute Gasteiger partial charge is 0.316 e. The molecule has 0 bridgehead atoms. The Kier molecular flexibility index (Phi) is 7.44. The number of thioether (sulfide) groups is 1. The molecular weight excluding hydrogens is 447 g/mol. The predicted molar refractivity (Wildman–Crippen MR) is 108 cm³/mol. The Morgan fingerprint density at radius 2 is 1.71 bits per heavy atom. The van der Waals surface area contributed by atoms with E-state index in [1.54, 1.807) is 42.5 Å². The molecule has 0 aliphatic carbocycles. The minimum Gasteiger partial charge on any atom is -0.487 e. The molecule has 2 aromatic carbocycles. The highest BCUT2D eigenvalue weighted by Gasteiger charge is 2.12. The molecule has 6 nitrogen and oxygen atoms in total. The van der Waals surface area contributed by atoms with Gasteiger partial charge in [0.2, 0.25) is 5.89 Å². The molecule has 0 saturated heterocycles. The molecule has 146 valence electrons. The lowest BCUT2D eigenvalue weighted by molar-refractivity contribution is -0.141. The molecule has 3 rings (SSSR count). The van der Waals surface area contributed by atoms with Crippen LogP contribution in [0.4, 0.5) is 0 Å². The maximum atomic E-state index is 11.8. The lowest BCUT2D eigenvalue weighted by Gasteiger charge is -2.09. The van der Waals surface area contributed by atoms with Crippen molar-refractivity contribution in [2.75, 3.05) is 19.0 Å². The van der Waals surface area contributed by atoms with Crippen LogP contribution < -0.4 is 4.74 Å². The Labute approximate surface area is 180 Å². The molecule has 0 N–H and O–H groups in total. The number of nitrogens with zero attached hydrogens (tertiary/aromatic N) is 2. The minimum absolute atomic E-state index is 0.0229. The van der Waals surface area contributed by atoms with Crippen molar-refractivity contribution in [1.82, 2.24) is 10.2 Å². The van der Waals surface area contributed by atoms with Gasteiger partial charge in [-0.05, 0) is 36.4 Å². The number of halogens is 3. The first kappa shape index (κ1) is 20.8. The number of para-hydroxylation sites is 1. The molecule has 28 heavy (non-hydrogen) atoms. The monoisotopic (exact) mass is 458 g/mol. The first-order valence-corrected chi connectivity index (χ1v) is 10.1. The molecule has 0 amide bonds. The van der Waals surface area contributed by atoms with Crippen LogP contribution in [-0.2, 0) is 9.53 Å². The molecule has 0 unspecified atom stereocenters. The van der Waals surface area contributed by atoms with Gasteiger partial charge < -0.3 is 13.9 Å². The highest BCUT2D eigenvalue weighted by molar-refractivity contribution is 7.99. The van der Waals surface area contributed by atoms with Crippen LogP contribution in [0.15, 0.2) is 52.1 Å². The fourth-order valence-corrected chi connectivity index (χ4v) is 3.25. The molecule has 0 saturated carbocycles. The average Bonchev–Trinajstić information content (AvgIpc) is 3.15. The van der Waals surface area contributed by atoms with Crippen LogP contribution >= 0.6 is 46.6 Å². The van der Waals surface area contributed by atoms with Crippen LogP contribution in [-0.4, -0.2) is 35.1 Å². The van der Waals surface area contributed by atoms with Gasteiger partial charge in [-0.2, -0.15) is 0 Å². The highest BCUT2D eigenvalue weighted by Crippen LogP contribution is 2.32. The van der Waals surface area contributed by atoms with Crippen LogP contribution in [0.5, 0.6) is 5.75 Å². The Bertz CT molecular complexity index is 930. The molecule has 0 spiro atoms. The number of hydrogen-bond donors (Lipinski definition) is 0. The molecule has 3 aromatic rings. The first-order valence-electron chi connectivity index (χ1n) is 7.97. The predicted octanol–water partition coefficient (Wildman–Crippen LogP) is 5.41. The van der Waals surface area contributed by atoms with E-state index in [1.165, 1.54) is 0 Å². The zero-order valence-corrected chi connectivity index (χ0v) is 17.3. The van der Waals surface area contributed by atoms with Gasteiger partial charge in [-0.3, -0.25) is 4.79 Å². The normalized spacial score (nSPS) is 10.7. The minimum atomic E-state index is -0.440. The van der Waals surface area contributed by atoms with E-state index in [-0.39, 0.29) is 24.2 Å². The van der Waals surface area contributed by atoms with Crippen LogP contribution in [0.25, 0.3) is 11.5 Å². The second-order valence-corrected chi connectivity index (χ2v) is 7.47. The molecular formula is C18H13Cl3N2O4S. The van der Waals surface area contributed by atoms with Gasteiger partial charge in [-0.15, -0.1) is 10.2 Å². The summed E-state index contributed by atoms with van der Waals surface area (Å²) < 4.78 is 16.0. The summed E-state index contributed by atoms with van der Waals surface area (Å²) in [6.45, 7) is 0.182. The quantitative estimate of drug-likeness (QED) is 0.253. The van der Waals surface area contributed by atoms with E-state index >= 15 is 0 Å². The van der Waals surface area contributed by atoms with Gasteiger partial charge in [0.25, 0.3) is 5.22 Å². The Hall–Kier alpha value is -1.93. The van der Waals surface area contributed by atoms with Gasteiger partial charge in [0.1, 0.15) is 19.0 Å². The summed E-state index contributed by atoms with van der Waals surface area (Å²) in [5, 5.41) is 9.50. The third-order valence-corrected chi connectivity index (χ3v) is 4.96. The molecule has 0 radical (unpaired) electrons. The number of hydrogen-bond acceptors (Lipinski definition) is 7. The van der Waals surface area contributed by atoms with E-state index < -0.39 is 5.97 Å². The maximum absolute atomic E-state index is 11.8. The van der Waals surface area contributed by atoms with Gasteiger partial charge in [0.05, 0.1) is 10.0 Å². The molecule has 0 aliphatic rings. The van der Waals surface area contributed by atoms with E-state index in [0.29, 0.717) is 26.7 Å². The third kappa shape index (κ3) is 5.78. The average molecular weight is 460 g/mol. The van der Waals surface area contributed by atoms with Gasteiger partial charge in [0.15, 0.2) is 5.75 Å². The number of aromatic nitrogens is 2. The van der Waals surface area contributed by atoms with Gasteiger partial charge in [-0.25, -0.2) is 0 Å². The van der Waals surface area contributed by atoms with Crippen LogP contribution in [0.1, 0.15) is 0 Å². The highest BCUT2D eigenvalue weighted by atomic mass is 35.5. The number of esters is 1. The van der Waals surface area contributed by atoms with Crippen molar-refractivity contribution in [1.29, 1.82) is 0 Å². The summed E-state index contributed by atoms with van der Waals surface area (Å²) in [6, 6.07) is 12.0. The second kappa shape index (κ2) is 10.0.